The first-order chi connectivity index (χ1) is 18.3. The van der Waals surface area contributed by atoms with Crippen LogP contribution >= 0.6 is 22.9 Å². The van der Waals surface area contributed by atoms with Gasteiger partial charge in [0.05, 0.1) is 21.5 Å². The highest BCUT2D eigenvalue weighted by atomic mass is 35.5. The number of rotatable bonds is 6. The lowest BCUT2D eigenvalue weighted by Gasteiger charge is -2.28. The van der Waals surface area contributed by atoms with Gasteiger partial charge in [-0.1, -0.05) is 29.8 Å². The average molecular weight is 565 g/mol. The van der Waals surface area contributed by atoms with Crippen molar-refractivity contribution in [2.75, 3.05) is 19.0 Å². The average Bonchev–Trinajstić information content (AvgIpc) is 3.42. The second-order valence-corrected chi connectivity index (χ2v) is 12.7. The molecule has 9 heteroatoms. The van der Waals surface area contributed by atoms with Crippen molar-refractivity contribution < 1.29 is 14.6 Å². The third kappa shape index (κ3) is 5.21. The third-order valence-corrected chi connectivity index (χ3v) is 8.33. The van der Waals surface area contributed by atoms with Crippen molar-refractivity contribution in [1.29, 1.82) is 0 Å². The van der Waals surface area contributed by atoms with Crippen LogP contribution in [0.2, 0.25) is 5.02 Å². The highest BCUT2D eigenvalue weighted by molar-refractivity contribution is 7.19. The lowest BCUT2D eigenvalue weighted by Crippen LogP contribution is -2.28. The Morgan fingerprint density at radius 3 is 2.56 bits per heavy atom. The van der Waals surface area contributed by atoms with Gasteiger partial charge in [0.25, 0.3) is 0 Å². The number of hydrogen-bond donors (Lipinski definition) is 1. The fourth-order valence-electron chi connectivity index (χ4n) is 5.21. The van der Waals surface area contributed by atoms with Gasteiger partial charge in [-0.2, -0.15) is 5.10 Å². The highest BCUT2D eigenvalue weighted by Gasteiger charge is 2.33. The Bertz CT molecular complexity index is 1600. The molecule has 1 unspecified atom stereocenters. The van der Waals surface area contributed by atoms with Gasteiger partial charge >= 0.3 is 5.97 Å². The van der Waals surface area contributed by atoms with Gasteiger partial charge in [-0.25, -0.2) is 9.78 Å². The number of anilines is 1. The van der Waals surface area contributed by atoms with Gasteiger partial charge < -0.3 is 14.7 Å². The SMILES string of the molecule is Cc1cc2nc(C3C=Cc4c(c(N(C)C)nn4C)C3)sc2c(-c2ccc(Cl)cc2)c1[C@H](OC(C)(C)C)C(=O)O. The molecule has 39 heavy (non-hydrogen) atoms. The summed E-state index contributed by atoms with van der Waals surface area (Å²) in [5.41, 5.74) is 5.69. The van der Waals surface area contributed by atoms with Crippen LogP contribution in [0.3, 0.4) is 0 Å². The van der Waals surface area contributed by atoms with Crippen molar-refractivity contribution in [2.24, 2.45) is 7.05 Å². The minimum atomic E-state index is -1.14. The molecule has 2 aromatic carbocycles. The molecular weight excluding hydrogens is 532 g/mol. The smallest absolute Gasteiger partial charge is 0.337 e. The van der Waals surface area contributed by atoms with Gasteiger partial charge in [-0.05, 0) is 69.5 Å². The van der Waals surface area contributed by atoms with E-state index in [1.54, 1.807) is 11.3 Å². The van der Waals surface area contributed by atoms with Gasteiger partial charge in [0, 0.05) is 48.8 Å². The monoisotopic (exact) mass is 564 g/mol. The number of aliphatic carboxylic acids is 1. The van der Waals surface area contributed by atoms with Crippen molar-refractivity contribution >= 4 is 51.0 Å². The van der Waals surface area contributed by atoms with Crippen LogP contribution in [0.1, 0.15) is 60.2 Å². The molecule has 0 amide bonds. The van der Waals surface area contributed by atoms with Crippen LogP contribution < -0.4 is 4.90 Å². The van der Waals surface area contributed by atoms with Gasteiger partial charge in [0.1, 0.15) is 5.01 Å². The maximum atomic E-state index is 12.6. The largest absolute Gasteiger partial charge is 0.479 e. The van der Waals surface area contributed by atoms with E-state index in [1.165, 1.54) is 5.56 Å². The normalized spacial score (nSPS) is 15.9. The van der Waals surface area contributed by atoms with Crippen molar-refractivity contribution in [3.05, 3.63) is 68.8 Å². The molecular formula is C30H33ClN4O3S. The van der Waals surface area contributed by atoms with Gasteiger partial charge in [-0.3, -0.25) is 4.68 Å². The number of thiazole rings is 1. The quantitative estimate of drug-likeness (QED) is 0.271. The van der Waals surface area contributed by atoms with E-state index in [4.69, 9.17) is 26.4 Å². The zero-order valence-corrected chi connectivity index (χ0v) is 24.8. The number of halogens is 1. The van der Waals surface area contributed by atoms with Crippen LogP contribution in [0.15, 0.2) is 36.4 Å². The lowest BCUT2D eigenvalue weighted by atomic mass is 9.91. The molecule has 0 saturated heterocycles. The Kier molecular flexibility index (Phi) is 7.07. The van der Waals surface area contributed by atoms with Crippen molar-refractivity contribution in [3.63, 3.8) is 0 Å². The molecule has 4 aromatic rings. The first kappa shape index (κ1) is 27.4. The highest BCUT2D eigenvalue weighted by Crippen LogP contribution is 2.45. The summed E-state index contributed by atoms with van der Waals surface area (Å²) in [7, 11) is 5.99. The fraction of sp³-hybridized carbons (Fsp3) is 0.367. The summed E-state index contributed by atoms with van der Waals surface area (Å²) in [4.78, 5) is 19.7. The van der Waals surface area contributed by atoms with Crippen LogP contribution in [0.4, 0.5) is 5.82 Å². The predicted molar refractivity (Wildman–Crippen MR) is 159 cm³/mol. The van der Waals surface area contributed by atoms with E-state index in [9.17, 15) is 9.90 Å². The molecule has 7 nitrogen and oxygen atoms in total. The Balaban J connectivity index is 1.69. The first-order valence-electron chi connectivity index (χ1n) is 12.9. The summed E-state index contributed by atoms with van der Waals surface area (Å²) in [6, 6.07) is 9.50. The van der Waals surface area contributed by atoms with E-state index in [0.29, 0.717) is 10.6 Å². The number of carboxylic acid groups (broad SMARTS) is 1. The van der Waals surface area contributed by atoms with Crippen LogP contribution in [0, 0.1) is 6.92 Å². The summed E-state index contributed by atoms with van der Waals surface area (Å²) >= 11 is 7.84. The third-order valence-electron chi connectivity index (χ3n) is 6.86. The van der Waals surface area contributed by atoms with E-state index in [1.807, 2.05) is 88.8 Å². The molecule has 0 fully saturated rings. The van der Waals surface area contributed by atoms with E-state index in [0.717, 1.165) is 49.8 Å². The van der Waals surface area contributed by atoms with Crippen LogP contribution in [-0.4, -0.2) is 45.5 Å². The standard InChI is InChI=1S/C30H33ClN4O3S/c1-16-14-21-26(39-28(32-21)18-10-13-22-20(15-18)27(34(5)6)33-35(22)7)24(17-8-11-19(31)12-9-17)23(16)25(29(36)37)38-30(2,3)4/h8-14,18,25H,15H2,1-7H3,(H,36,37)/t18?,25-/m0/s1. The van der Waals surface area contributed by atoms with Gasteiger partial charge in [0.15, 0.2) is 11.9 Å². The number of aryl methyl sites for hydroxylation is 2. The molecule has 0 radical (unpaired) electrons. The van der Waals surface area contributed by atoms with E-state index in [-0.39, 0.29) is 5.92 Å². The van der Waals surface area contributed by atoms with Gasteiger partial charge in [0.2, 0.25) is 0 Å². The Morgan fingerprint density at radius 1 is 1.26 bits per heavy atom. The van der Waals surface area contributed by atoms with Crippen LogP contribution in [0.5, 0.6) is 0 Å². The molecule has 0 aliphatic heterocycles. The maximum Gasteiger partial charge on any atom is 0.337 e. The van der Waals surface area contributed by atoms with Crippen molar-refractivity contribution in [2.45, 2.75) is 51.7 Å². The minimum Gasteiger partial charge on any atom is -0.479 e. The molecule has 2 heterocycles. The minimum absolute atomic E-state index is 0.0840. The molecule has 1 N–H and O–H groups in total. The Hall–Kier alpha value is -3.20. The number of benzene rings is 2. The zero-order chi connectivity index (χ0) is 28.2. The van der Waals surface area contributed by atoms with Crippen molar-refractivity contribution in [1.82, 2.24) is 14.8 Å². The number of aromatic nitrogens is 3. The van der Waals surface area contributed by atoms with Crippen molar-refractivity contribution in [3.8, 4) is 11.1 Å². The number of hydrogen-bond acceptors (Lipinski definition) is 6. The summed E-state index contributed by atoms with van der Waals surface area (Å²) in [5, 5.41) is 16.6. The van der Waals surface area contributed by atoms with E-state index in [2.05, 4.69) is 12.2 Å². The number of ether oxygens (including phenoxy) is 1. The van der Waals surface area contributed by atoms with Gasteiger partial charge in [-0.15, -0.1) is 11.3 Å². The Labute approximate surface area is 237 Å². The zero-order valence-electron chi connectivity index (χ0n) is 23.2. The summed E-state index contributed by atoms with van der Waals surface area (Å²) in [6.07, 6.45) is 3.98. The summed E-state index contributed by atoms with van der Waals surface area (Å²) < 4.78 is 9.00. The van der Waals surface area contributed by atoms with Crippen LogP contribution in [0.25, 0.3) is 27.4 Å². The fourth-order valence-corrected chi connectivity index (χ4v) is 6.54. The molecule has 5 rings (SSSR count). The molecule has 0 saturated carbocycles. The topological polar surface area (TPSA) is 80.5 Å². The second-order valence-electron chi connectivity index (χ2n) is 11.2. The van der Waals surface area contributed by atoms with E-state index < -0.39 is 17.7 Å². The lowest BCUT2D eigenvalue weighted by molar-refractivity contribution is -0.160. The molecule has 204 valence electrons. The number of carbonyl (C=O) groups is 1. The molecule has 1 aliphatic carbocycles. The summed E-state index contributed by atoms with van der Waals surface area (Å²) in [5.74, 6) is 0.0233. The number of allylic oxidation sites excluding steroid dienone is 1. The first-order valence-corrected chi connectivity index (χ1v) is 14.1. The maximum absolute atomic E-state index is 12.6. The summed E-state index contributed by atoms with van der Waals surface area (Å²) in [6.45, 7) is 7.54. The second kappa shape index (κ2) is 10.1. The molecule has 1 aliphatic rings. The number of nitrogens with zero attached hydrogens (tertiary/aromatic N) is 4. The van der Waals surface area contributed by atoms with Crippen LogP contribution in [-0.2, 0) is 23.0 Å². The molecule has 2 aromatic heterocycles. The predicted octanol–water partition coefficient (Wildman–Crippen LogP) is 7.02. The molecule has 2 atom stereocenters. The van der Waals surface area contributed by atoms with E-state index >= 15 is 0 Å². The number of carboxylic acids is 1. The molecule has 0 spiro atoms. The number of fused-ring (bicyclic) bond motifs is 2. The Morgan fingerprint density at radius 2 is 1.95 bits per heavy atom. The molecule has 0 bridgehead atoms.